The molecule has 158 valence electrons. The van der Waals surface area contributed by atoms with Gasteiger partial charge in [-0.15, -0.1) is 0 Å². The molecule has 1 fully saturated rings. The number of halogens is 3. The van der Waals surface area contributed by atoms with Gasteiger partial charge in [0.25, 0.3) is 0 Å². The molecule has 2 aliphatic rings. The highest BCUT2D eigenvalue weighted by atomic mass is 35.6. The maximum Gasteiger partial charge on any atom is 0.247 e. The van der Waals surface area contributed by atoms with Crippen molar-refractivity contribution in [2.45, 2.75) is 41.3 Å². The largest absolute Gasteiger partial charge is 0.325 e. The SMILES string of the molecule is NC1(CNC2N=C(c3ccc(-c4ccccc4)cc3)NC(C(Cl)(Cl)Cl)=N2)CCCC1. The van der Waals surface area contributed by atoms with Crippen molar-refractivity contribution >= 4 is 46.5 Å². The van der Waals surface area contributed by atoms with Gasteiger partial charge in [0.1, 0.15) is 5.84 Å². The Morgan fingerprint density at radius 1 is 0.933 bits per heavy atom. The van der Waals surface area contributed by atoms with Crippen molar-refractivity contribution in [1.82, 2.24) is 10.6 Å². The summed E-state index contributed by atoms with van der Waals surface area (Å²) in [5.41, 5.74) is 9.38. The van der Waals surface area contributed by atoms with E-state index in [0.29, 0.717) is 12.4 Å². The zero-order chi connectivity index (χ0) is 21.2. The Bertz CT molecular complexity index is 929. The molecule has 1 atom stereocenters. The van der Waals surface area contributed by atoms with Crippen LogP contribution in [0.4, 0.5) is 0 Å². The van der Waals surface area contributed by atoms with Crippen LogP contribution in [0.2, 0.25) is 0 Å². The lowest BCUT2D eigenvalue weighted by Gasteiger charge is -2.29. The molecule has 0 spiro atoms. The summed E-state index contributed by atoms with van der Waals surface area (Å²) in [5, 5.41) is 6.40. The van der Waals surface area contributed by atoms with E-state index in [1.165, 1.54) is 0 Å². The predicted octanol–water partition coefficient (Wildman–Crippen LogP) is 4.62. The van der Waals surface area contributed by atoms with E-state index in [2.05, 4.69) is 32.8 Å². The first-order valence-electron chi connectivity index (χ1n) is 10.0. The Hall–Kier alpha value is -1.63. The van der Waals surface area contributed by atoms with Gasteiger partial charge < -0.3 is 11.1 Å². The standard InChI is InChI=1S/C22H24Cl3N5/c23-22(24,25)19-28-18(29-20(30-19)27-14-21(26)12-4-5-13-21)17-10-8-16(9-11-17)15-6-2-1-3-7-15/h1-3,6-11,20,27H,4-5,12-14,26H2,(H,28,29,30). The molecule has 1 saturated carbocycles. The maximum atomic E-state index is 6.46. The number of benzene rings is 2. The number of alkyl halides is 3. The van der Waals surface area contributed by atoms with Gasteiger partial charge in [0.2, 0.25) is 3.79 Å². The van der Waals surface area contributed by atoms with Crippen LogP contribution >= 0.6 is 34.8 Å². The minimum atomic E-state index is -1.68. The molecule has 4 N–H and O–H groups in total. The lowest BCUT2D eigenvalue weighted by molar-refractivity contribution is 0.379. The lowest BCUT2D eigenvalue weighted by atomic mass is 9.99. The third-order valence-corrected chi connectivity index (χ3v) is 6.05. The molecule has 4 rings (SSSR count). The van der Waals surface area contributed by atoms with Crippen molar-refractivity contribution in [3.05, 3.63) is 60.2 Å². The molecule has 0 aromatic heterocycles. The van der Waals surface area contributed by atoms with Crippen LogP contribution in [0.5, 0.6) is 0 Å². The molecule has 1 aliphatic carbocycles. The van der Waals surface area contributed by atoms with Gasteiger partial charge in [-0.1, -0.05) is 102 Å². The van der Waals surface area contributed by atoms with Crippen molar-refractivity contribution < 1.29 is 0 Å². The first kappa shape index (κ1) is 21.6. The molecule has 8 heteroatoms. The van der Waals surface area contributed by atoms with E-state index >= 15 is 0 Å². The van der Waals surface area contributed by atoms with Gasteiger partial charge in [-0.25, -0.2) is 9.98 Å². The Kier molecular flexibility index (Phi) is 6.37. The summed E-state index contributed by atoms with van der Waals surface area (Å²) in [6.45, 7) is 0.609. The van der Waals surface area contributed by atoms with E-state index in [1.807, 2.05) is 42.5 Å². The summed E-state index contributed by atoms with van der Waals surface area (Å²) in [7, 11) is 0. The molecule has 0 saturated heterocycles. The third-order valence-electron chi connectivity index (χ3n) is 5.51. The molecule has 0 bridgehead atoms. The monoisotopic (exact) mass is 463 g/mol. The van der Waals surface area contributed by atoms with Crippen LogP contribution in [0.1, 0.15) is 31.2 Å². The molecule has 0 radical (unpaired) electrons. The van der Waals surface area contributed by atoms with E-state index in [-0.39, 0.29) is 11.4 Å². The van der Waals surface area contributed by atoms with Crippen LogP contribution in [-0.2, 0) is 0 Å². The van der Waals surface area contributed by atoms with Gasteiger partial charge in [0.05, 0.1) is 0 Å². The topological polar surface area (TPSA) is 74.8 Å². The van der Waals surface area contributed by atoms with Crippen LogP contribution in [0.25, 0.3) is 11.1 Å². The quantitative estimate of drug-likeness (QED) is 0.565. The highest BCUT2D eigenvalue weighted by Crippen LogP contribution is 2.30. The molecule has 1 unspecified atom stereocenters. The van der Waals surface area contributed by atoms with Crippen LogP contribution in [-0.4, -0.2) is 33.8 Å². The number of hydrogen-bond acceptors (Lipinski definition) is 5. The fourth-order valence-electron chi connectivity index (χ4n) is 3.83. The van der Waals surface area contributed by atoms with Crippen molar-refractivity contribution in [2.24, 2.45) is 15.7 Å². The van der Waals surface area contributed by atoms with E-state index in [1.54, 1.807) is 0 Å². The zero-order valence-corrected chi connectivity index (χ0v) is 18.7. The van der Waals surface area contributed by atoms with Crippen molar-refractivity contribution in [3.8, 4) is 11.1 Å². The van der Waals surface area contributed by atoms with E-state index in [9.17, 15) is 0 Å². The Balaban J connectivity index is 1.55. The molecule has 1 heterocycles. The first-order chi connectivity index (χ1) is 14.3. The smallest absolute Gasteiger partial charge is 0.247 e. The number of nitrogens with zero attached hydrogens (tertiary/aromatic N) is 2. The second-order valence-electron chi connectivity index (χ2n) is 7.85. The molecule has 1 aliphatic heterocycles. The third kappa shape index (κ3) is 5.16. The summed E-state index contributed by atoms with van der Waals surface area (Å²) >= 11 is 18.4. The molecular weight excluding hydrogens is 441 g/mol. The number of hydrogen-bond donors (Lipinski definition) is 3. The summed E-state index contributed by atoms with van der Waals surface area (Å²) < 4.78 is -1.68. The van der Waals surface area contributed by atoms with Crippen molar-refractivity contribution in [3.63, 3.8) is 0 Å². The number of nitrogens with one attached hydrogen (secondary N) is 2. The lowest BCUT2D eigenvalue weighted by Crippen LogP contribution is -2.51. The van der Waals surface area contributed by atoms with Crippen molar-refractivity contribution in [1.29, 1.82) is 0 Å². The number of aliphatic imine (C=N–C) groups is 2. The molecule has 5 nitrogen and oxygen atoms in total. The second kappa shape index (κ2) is 8.85. The summed E-state index contributed by atoms with van der Waals surface area (Å²) in [6, 6.07) is 18.3. The van der Waals surface area contributed by atoms with Crippen LogP contribution < -0.4 is 16.4 Å². The van der Waals surface area contributed by atoms with E-state index < -0.39 is 10.1 Å². The summed E-state index contributed by atoms with van der Waals surface area (Å²) in [5.74, 6) is 0.834. The maximum absolute atomic E-state index is 6.46. The minimum Gasteiger partial charge on any atom is -0.325 e. The summed E-state index contributed by atoms with van der Waals surface area (Å²) in [4.78, 5) is 9.13. The fourth-order valence-corrected chi connectivity index (χ4v) is 4.12. The number of rotatable bonds is 5. The predicted molar refractivity (Wildman–Crippen MR) is 126 cm³/mol. The molecule has 30 heavy (non-hydrogen) atoms. The molecule has 0 amide bonds. The number of nitrogens with two attached hydrogens (primary N) is 1. The summed E-state index contributed by atoms with van der Waals surface area (Å²) in [6.07, 6.45) is 3.71. The van der Waals surface area contributed by atoms with Gasteiger partial charge in [0, 0.05) is 17.6 Å². The zero-order valence-electron chi connectivity index (χ0n) is 16.4. The van der Waals surface area contributed by atoms with Gasteiger partial charge in [-0.3, -0.25) is 5.32 Å². The fraction of sp³-hybridized carbons (Fsp3) is 0.364. The molecule has 2 aromatic carbocycles. The van der Waals surface area contributed by atoms with Crippen LogP contribution in [0.3, 0.4) is 0 Å². The van der Waals surface area contributed by atoms with Crippen molar-refractivity contribution in [2.75, 3.05) is 6.54 Å². The first-order valence-corrected chi connectivity index (χ1v) is 11.1. The Morgan fingerprint density at radius 2 is 1.53 bits per heavy atom. The highest BCUT2D eigenvalue weighted by molar-refractivity contribution is 6.77. The van der Waals surface area contributed by atoms with Crippen LogP contribution in [0.15, 0.2) is 64.6 Å². The Labute approximate surface area is 191 Å². The average molecular weight is 465 g/mol. The second-order valence-corrected chi connectivity index (χ2v) is 10.1. The normalized spacial score (nSPS) is 21.0. The molecular formula is C22H24Cl3N5. The van der Waals surface area contributed by atoms with E-state index in [4.69, 9.17) is 40.5 Å². The minimum absolute atomic E-state index is 0.229. The molecule has 2 aromatic rings. The Morgan fingerprint density at radius 3 is 2.17 bits per heavy atom. The van der Waals surface area contributed by atoms with Gasteiger partial charge >= 0.3 is 0 Å². The highest BCUT2D eigenvalue weighted by Gasteiger charge is 2.34. The van der Waals surface area contributed by atoms with Gasteiger partial charge in [-0.2, -0.15) is 0 Å². The van der Waals surface area contributed by atoms with E-state index in [0.717, 1.165) is 42.4 Å². The van der Waals surface area contributed by atoms with Crippen LogP contribution in [0, 0.1) is 0 Å². The van der Waals surface area contributed by atoms with Gasteiger partial charge in [-0.05, 0) is 24.0 Å². The number of amidine groups is 2. The average Bonchev–Trinajstić information content (AvgIpc) is 3.19. The van der Waals surface area contributed by atoms with Gasteiger partial charge in [0.15, 0.2) is 12.1 Å².